The highest BCUT2D eigenvalue weighted by atomic mass is 35.5. The number of pyridine rings is 1. The quantitative estimate of drug-likeness (QED) is 0.370. The summed E-state index contributed by atoms with van der Waals surface area (Å²) in [6.07, 6.45) is 3.22. The van der Waals surface area contributed by atoms with Gasteiger partial charge >= 0.3 is 0 Å². The van der Waals surface area contributed by atoms with Crippen molar-refractivity contribution in [2.45, 2.75) is 6.17 Å². The molecule has 1 atom stereocenters. The van der Waals surface area contributed by atoms with E-state index < -0.39 is 0 Å². The van der Waals surface area contributed by atoms with E-state index in [0.717, 1.165) is 38.9 Å². The van der Waals surface area contributed by atoms with Crippen LogP contribution in [0.2, 0.25) is 5.02 Å². The smallest absolute Gasteiger partial charge is 0.160 e. The number of amidine groups is 2. The van der Waals surface area contributed by atoms with E-state index in [-0.39, 0.29) is 6.17 Å². The molecule has 154 valence electrons. The summed E-state index contributed by atoms with van der Waals surface area (Å²) in [6, 6.07) is 25.8. The summed E-state index contributed by atoms with van der Waals surface area (Å²) in [5.41, 5.74) is 4.24. The van der Waals surface area contributed by atoms with Crippen molar-refractivity contribution >= 4 is 45.2 Å². The zero-order valence-corrected chi connectivity index (χ0v) is 17.6. The minimum Gasteiger partial charge on any atom is -0.454 e. The molecule has 0 aliphatic carbocycles. The number of aromatic nitrogens is 1. The molecule has 3 aromatic carbocycles. The molecule has 3 heterocycles. The highest BCUT2D eigenvalue weighted by Gasteiger charge is 2.24. The van der Waals surface area contributed by atoms with Crippen LogP contribution in [0.5, 0.6) is 0 Å². The van der Waals surface area contributed by atoms with E-state index >= 15 is 0 Å². The van der Waals surface area contributed by atoms with Gasteiger partial charge in [0, 0.05) is 34.3 Å². The molecule has 0 amide bonds. The van der Waals surface area contributed by atoms with Crippen LogP contribution < -0.4 is 5.32 Å². The van der Waals surface area contributed by atoms with Crippen LogP contribution in [-0.2, 0) is 0 Å². The highest BCUT2D eigenvalue weighted by Crippen LogP contribution is 2.36. The Morgan fingerprint density at radius 2 is 1.66 bits per heavy atom. The van der Waals surface area contributed by atoms with E-state index in [0.29, 0.717) is 16.4 Å². The van der Waals surface area contributed by atoms with Crippen molar-refractivity contribution in [3.05, 3.63) is 113 Å². The molecule has 0 spiro atoms. The molecule has 2 aromatic heterocycles. The lowest BCUT2D eigenvalue weighted by Gasteiger charge is -2.23. The topological polar surface area (TPSA) is 62.8 Å². The molecule has 1 aliphatic heterocycles. The van der Waals surface area contributed by atoms with Crippen LogP contribution in [-0.4, -0.2) is 16.7 Å². The molecule has 5 nitrogen and oxygen atoms in total. The molecule has 0 fully saturated rings. The maximum absolute atomic E-state index is 6.49. The van der Waals surface area contributed by atoms with Gasteiger partial charge in [-0.3, -0.25) is 4.98 Å². The fourth-order valence-electron chi connectivity index (χ4n) is 4.00. The molecule has 1 unspecified atom stereocenters. The minimum atomic E-state index is -0.277. The molecular weight excluding hydrogens is 420 g/mol. The third-order valence-electron chi connectivity index (χ3n) is 5.52. The lowest BCUT2D eigenvalue weighted by molar-refractivity contribution is 0.668. The van der Waals surface area contributed by atoms with Crippen molar-refractivity contribution in [1.82, 2.24) is 10.3 Å². The largest absolute Gasteiger partial charge is 0.454 e. The number of benzene rings is 3. The van der Waals surface area contributed by atoms with E-state index in [9.17, 15) is 0 Å². The van der Waals surface area contributed by atoms with Crippen molar-refractivity contribution in [1.29, 1.82) is 0 Å². The van der Waals surface area contributed by atoms with Crippen LogP contribution in [0.4, 0.5) is 0 Å². The van der Waals surface area contributed by atoms with Crippen molar-refractivity contribution in [3.8, 4) is 0 Å². The van der Waals surface area contributed by atoms with E-state index in [4.69, 9.17) is 26.0 Å². The summed E-state index contributed by atoms with van der Waals surface area (Å²) in [5, 5.41) is 5.77. The SMILES string of the molecule is Clc1ccc(C2=NC(c3ccccc3)NC(c3ccccc3)=N2)c2c1oc1ccncc12. The summed E-state index contributed by atoms with van der Waals surface area (Å²) in [5.74, 6) is 1.38. The standard InChI is InChI=1S/C26H17ClN4O/c27-20-12-11-18(22-19-15-28-14-13-21(19)32-23(20)22)26-30-24(16-7-3-1-4-8-16)29-25(31-26)17-9-5-2-6-10-17/h1-15,24H,(H,29,30,31). The molecule has 0 saturated carbocycles. The van der Waals surface area contributed by atoms with Gasteiger partial charge in [0.05, 0.1) is 5.02 Å². The van der Waals surface area contributed by atoms with Gasteiger partial charge in [0.2, 0.25) is 0 Å². The number of aliphatic imine (C=N–C) groups is 2. The Morgan fingerprint density at radius 3 is 2.47 bits per heavy atom. The number of furan rings is 1. The van der Waals surface area contributed by atoms with Gasteiger partial charge in [-0.25, -0.2) is 9.98 Å². The van der Waals surface area contributed by atoms with E-state index in [2.05, 4.69) is 22.4 Å². The van der Waals surface area contributed by atoms with Crippen molar-refractivity contribution in [2.24, 2.45) is 9.98 Å². The van der Waals surface area contributed by atoms with E-state index in [1.54, 1.807) is 12.4 Å². The summed E-state index contributed by atoms with van der Waals surface area (Å²) < 4.78 is 6.05. The summed E-state index contributed by atoms with van der Waals surface area (Å²) >= 11 is 6.49. The van der Waals surface area contributed by atoms with Crippen LogP contribution >= 0.6 is 11.6 Å². The molecule has 0 bridgehead atoms. The zero-order valence-electron chi connectivity index (χ0n) is 16.9. The Morgan fingerprint density at radius 1 is 0.875 bits per heavy atom. The number of halogens is 1. The first-order valence-corrected chi connectivity index (χ1v) is 10.6. The van der Waals surface area contributed by atoms with Crippen molar-refractivity contribution in [3.63, 3.8) is 0 Å². The van der Waals surface area contributed by atoms with Gasteiger partial charge in [-0.15, -0.1) is 0 Å². The molecule has 6 rings (SSSR count). The van der Waals surface area contributed by atoms with E-state index in [1.807, 2.05) is 66.7 Å². The normalized spacial score (nSPS) is 16.0. The number of rotatable bonds is 3. The molecule has 5 aromatic rings. The molecule has 32 heavy (non-hydrogen) atoms. The monoisotopic (exact) mass is 436 g/mol. The van der Waals surface area contributed by atoms with Crippen LogP contribution in [0, 0.1) is 0 Å². The first-order chi connectivity index (χ1) is 15.8. The number of hydrogen-bond acceptors (Lipinski definition) is 5. The Hall–Kier alpha value is -3.96. The van der Waals surface area contributed by atoms with Crippen LogP contribution in [0.25, 0.3) is 21.9 Å². The fourth-order valence-corrected chi connectivity index (χ4v) is 4.19. The van der Waals surface area contributed by atoms with Crippen molar-refractivity contribution in [2.75, 3.05) is 0 Å². The van der Waals surface area contributed by atoms with Crippen LogP contribution in [0.3, 0.4) is 0 Å². The summed E-state index contributed by atoms with van der Waals surface area (Å²) in [6.45, 7) is 0. The first-order valence-electron chi connectivity index (χ1n) is 10.3. The Bertz CT molecular complexity index is 1510. The Balaban J connectivity index is 1.60. The fraction of sp³-hybridized carbons (Fsp3) is 0.0385. The second-order valence-corrected chi connectivity index (χ2v) is 7.92. The van der Waals surface area contributed by atoms with Gasteiger partial charge in [0.1, 0.15) is 17.6 Å². The first kappa shape index (κ1) is 18.8. The summed E-state index contributed by atoms with van der Waals surface area (Å²) in [4.78, 5) is 14.2. The van der Waals surface area contributed by atoms with E-state index in [1.165, 1.54) is 0 Å². The van der Waals surface area contributed by atoms with Crippen LogP contribution in [0.15, 0.2) is 106 Å². The van der Waals surface area contributed by atoms with Crippen molar-refractivity contribution < 1.29 is 4.42 Å². The lowest BCUT2D eigenvalue weighted by atomic mass is 10.0. The predicted molar refractivity (Wildman–Crippen MR) is 128 cm³/mol. The third-order valence-corrected chi connectivity index (χ3v) is 5.82. The van der Waals surface area contributed by atoms with Gasteiger partial charge < -0.3 is 9.73 Å². The number of nitrogens with one attached hydrogen (secondary N) is 1. The Labute approximate surface area is 189 Å². The molecule has 1 aliphatic rings. The third kappa shape index (κ3) is 3.15. The maximum Gasteiger partial charge on any atom is 0.160 e. The van der Waals surface area contributed by atoms with Gasteiger partial charge in [0.15, 0.2) is 11.4 Å². The highest BCUT2D eigenvalue weighted by molar-refractivity contribution is 6.37. The van der Waals surface area contributed by atoms with Gasteiger partial charge in [-0.2, -0.15) is 0 Å². The number of fused-ring (bicyclic) bond motifs is 3. The molecule has 1 N–H and O–H groups in total. The second-order valence-electron chi connectivity index (χ2n) is 7.51. The van der Waals surface area contributed by atoms with Gasteiger partial charge in [-0.05, 0) is 23.8 Å². The molecular formula is C26H17ClN4O. The zero-order chi connectivity index (χ0) is 21.5. The second kappa shape index (κ2) is 7.62. The predicted octanol–water partition coefficient (Wildman–Crippen LogP) is 6.13. The lowest BCUT2D eigenvalue weighted by Crippen LogP contribution is -2.33. The Kier molecular flexibility index (Phi) is 4.47. The molecule has 0 radical (unpaired) electrons. The molecule has 6 heteroatoms. The average Bonchev–Trinajstić information content (AvgIpc) is 3.26. The van der Waals surface area contributed by atoms with Crippen LogP contribution in [0.1, 0.15) is 22.9 Å². The average molecular weight is 437 g/mol. The molecule has 0 saturated heterocycles. The number of hydrogen-bond donors (Lipinski definition) is 1. The maximum atomic E-state index is 6.49. The minimum absolute atomic E-state index is 0.277. The summed E-state index contributed by atoms with van der Waals surface area (Å²) in [7, 11) is 0. The van der Waals surface area contributed by atoms with Gasteiger partial charge in [0.25, 0.3) is 0 Å². The van der Waals surface area contributed by atoms with Gasteiger partial charge in [-0.1, -0.05) is 72.3 Å². The number of nitrogens with zero attached hydrogens (tertiary/aromatic N) is 3.